The molecule has 3 rings (SSSR count). The van der Waals surface area contributed by atoms with Crippen molar-refractivity contribution in [1.29, 1.82) is 0 Å². The average molecular weight is 314 g/mol. The van der Waals surface area contributed by atoms with Crippen molar-refractivity contribution < 1.29 is 0 Å². The Morgan fingerprint density at radius 2 is 1.08 bits per heavy atom. The first kappa shape index (κ1) is 16.5. The molecule has 0 aliphatic rings. The van der Waals surface area contributed by atoms with Gasteiger partial charge in [0.1, 0.15) is 0 Å². The summed E-state index contributed by atoms with van der Waals surface area (Å²) in [4.78, 5) is 0. The van der Waals surface area contributed by atoms with Gasteiger partial charge in [0.25, 0.3) is 0 Å². The van der Waals surface area contributed by atoms with Gasteiger partial charge in [0.05, 0.1) is 0 Å². The van der Waals surface area contributed by atoms with Crippen LogP contribution in [0.4, 0.5) is 0 Å². The Morgan fingerprint density at radius 1 is 0.542 bits per heavy atom. The topological polar surface area (TPSA) is 0 Å². The molecular weight excluding hydrogens is 288 g/mol. The molecule has 0 aromatic heterocycles. The highest BCUT2D eigenvalue weighted by Gasteiger charge is 2.19. The third-order valence-electron chi connectivity index (χ3n) is 4.62. The fourth-order valence-corrected chi connectivity index (χ4v) is 3.51. The maximum absolute atomic E-state index is 2.32. The molecule has 0 N–H and O–H groups in total. The normalized spacial score (nSPS) is 11.2. The van der Waals surface area contributed by atoms with E-state index in [9.17, 15) is 0 Å². The van der Waals surface area contributed by atoms with E-state index in [-0.39, 0.29) is 0 Å². The monoisotopic (exact) mass is 314 g/mol. The minimum absolute atomic E-state index is 0.467. The number of benzene rings is 3. The Morgan fingerprint density at radius 3 is 1.58 bits per heavy atom. The van der Waals surface area contributed by atoms with Gasteiger partial charge in [-0.05, 0) is 45.2 Å². The van der Waals surface area contributed by atoms with Gasteiger partial charge in [0.2, 0.25) is 0 Å². The number of hydrogen-bond acceptors (Lipinski definition) is 0. The van der Waals surface area contributed by atoms with Crippen molar-refractivity contribution in [3.05, 3.63) is 83.9 Å². The predicted molar refractivity (Wildman–Crippen MR) is 105 cm³/mol. The lowest BCUT2D eigenvalue weighted by atomic mass is 9.80. The lowest BCUT2D eigenvalue weighted by molar-refractivity contribution is 0.839. The van der Waals surface area contributed by atoms with Gasteiger partial charge < -0.3 is 0 Å². The minimum Gasteiger partial charge on any atom is -0.0622 e. The summed E-state index contributed by atoms with van der Waals surface area (Å²) in [5, 5.41) is 0. The number of rotatable bonds is 4. The van der Waals surface area contributed by atoms with Crippen molar-refractivity contribution in [3.8, 4) is 22.3 Å². The Hall–Kier alpha value is -2.34. The van der Waals surface area contributed by atoms with Crippen LogP contribution in [0.25, 0.3) is 22.3 Å². The highest BCUT2D eigenvalue weighted by molar-refractivity contribution is 5.82. The summed E-state index contributed by atoms with van der Waals surface area (Å²) in [5.41, 5.74) is 8.29. The highest BCUT2D eigenvalue weighted by Crippen LogP contribution is 2.41. The lowest BCUT2D eigenvalue weighted by Crippen LogP contribution is -2.02. The van der Waals surface area contributed by atoms with Gasteiger partial charge in [-0.25, -0.2) is 0 Å². The molecule has 24 heavy (non-hydrogen) atoms. The van der Waals surface area contributed by atoms with Crippen LogP contribution in [0.5, 0.6) is 0 Å². The van der Waals surface area contributed by atoms with Gasteiger partial charge >= 0.3 is 0 Å². The second kappa shape index (κ2) is 7.05. The zero-order chi connectivity index (χ0) is 17.1. The molecule has 3 aromatic rings. The Kier molecular flexibility index (Phi) is 4.85. The second-order valence-electron chi connectivity index (χ2n) is 7.03. The fourth-order valence-electron chi connectivity index (χ4n) is 3.51. The maximum atomic E-state index is 2.32. The molecule has 0 bridgehead atoms. The van der Waals surface area contributed by atoms with E-state index in [2.05, 4.69) is 100 Å². The molecule has 0 amide bonds. The molecule has 0 fully saturated rings. The third kappa shape index (κ3) is 3.14. The van der Waals surface area contributed by atoms with Crippen LogP contribution in [0.15, 0.2) is 72.8 Å². The molecule has 122 valence electrons. The van der Waals surface area contributed by atoms with Crippen molar-refractivity contribution in [2.24, 2.45) is 0 Å². The SMILES string of the molecule is CC(C)c1ccc(-c2ccccc2)c(C(C)C)c1-c1ccccc1. The van der Waals surface area contributed by atoms with E-state index in [1.165, 1.54) is 33.4 Å². The summed E-state index contributed by atoms with van der Waals surface area (Å²) in [6.07, 6.45) is 0. The largest absolute Gasteiger partial charge is 0.0622 e. The first-order valence-electron chi connectivity index (χ1n) is 8.87. The highest BCUT2D eigenvalue weighted by atomic mass is 14.2. The van der Waals surface area contributed by atoms with E-state index in [4.69, 9.17) is 0 Å². The van der Waals surface area contributed by atoms with Crippen molar-refractivity contribution >= 4 is 0 Å². The molecule has 0 spiro atoms. The molecule has 0 radical (unpaired) electrons. The zero-order valence-corrected chi connectivity index (χ0v) is 15.1. The van der Waals surface area contributed by atoms with Crippen LogP contribution >= 0.6 is 0 Å². The van der Waals surface area contributed by atoms with E-state index in [0.717, 1.165) is 0 Å². The van der Waals surface area contributed by atoms with Crippen LogP contribution in [0.2, 0.25) is 0 Å². The van der Waals surface area contributed by atoms with Gasteiger partial charge in [0, 0.05) is 0 Å². The van der Waals surface area contributed by atoms with Crippen molar-refractivity contribution in [3.63, 3.8) is 0 Å². The van der Waals surface area contributed by atoms with Crippen molar-refractivity contribution in [2.75, 3.05) is 0 Å². The first-order valence-corrected chi connectivity index (χ1v) is 8.87. The van der Waals surface area contributed by atoms with Gasteiger partial charge in [-0.3, -0.25) is 0 Å². The molecule has 0 aliphatic heterocycles. The molecule has 0 unspecified atom stereocenters. The van der Waals surface area contributed by atoms with Crippen molar-refractivity contribution in [2.45, 2.75) is 39.5 Å². The van der Waals surface area contributed by atoms with E-state index in [1.807, 2.05) is 0 Å². The summed E-state index contributed by atoms with van der Waals surface area (Å²) in [6, 6.07) is 26.2. The van der Waals surface area contributed by atoms with Crippen molar-refractivity contribution in [1.82, 2.24) is 0 Å². The lowest BCUT2D eigenvalue weighted by Gasteiger charge is -2.24. The molecule has 0 saturated heterocycles. The van der Waals surface area contributed by atoms with Gasteiger partial charge in [-0.15, -0.1) is 0 Å². The average Bonchev–Trinajstić information content (AvgIpc) is 2.61. The van der Waals surface area contributed by atoms with Gasteiger partial charge in [-0.2, -0.15) is 0 Å². The Bertz CT molecular complexity index is 796. The van der Waals surface area contributed by atoms with Crippen LogP contribution in [0.1, 0.15) is 50.7 Å². The van der Waals surface area contributed by atoms with Gasteiger partial charge in [-0.1, -0.05) is 100 Å². The Balaban J connectivity index is 2.35. The summed E-state index contributed by atoms with van der Waals surface area (Å²) in [6.45, 7) is 9.18. The predicted octanol–water partition coefficient (Wildman–Crippen LogP) is 7.27. The molecule has 3 aromatic carbocycles. The van der Waals surface area contributed by atoms with Crippen LogP contribution in [-0.2, 0) is 0 Å². The fraction of sp³-hybridized carbons (Fsp3) is 0.250. The summed E-state index contributed by atoms with van der Waals surface area (Å²) in [5.74, 6) is 0.969. The first-order chi connectivity index (χ1) is 11.6. The van der Waals surface area contributed by atoms with E-state index in [1.54, 1.807) is 0 Å². The van der Waals surface area contributed by atoms with Crippen LogP contribution in [0, 0.1) is 0 Å². The molecule has 0 heterocycles. The van der Waals surface area contributed by atoms with E-state index < -0.39 is 0 Å². The van der Waals surface area contributed by atoms with Crippen LogP contribution in [-0.4, -0.2) is 0 Å². The molecule has 0 heteroatoms. The second-order valence-corrected chi connectivity index (χ2v) is 7.03. The maximum Gasteiger partial charge on any atom is -0.0108 e. The third-order valence-corrected chi connectivity index (χ3v) is 4.62. The van der Waals surface area contributed by atoms with E-state index >= 15 is 0 Å². The quantitative estimate of drug-likeness (QED) is 0.475. The van der Waals surface area contributed by atoms with Crippen LogP contribution < -0.4 is 0 Å². The summed E-state index contributed by atoms with van der Waals surface area (Å²) >= 11 is 0. The minimum atomic E-state index is 0.467. The molecule has 0 aliphatic carbocycles. The summed E-state index contributed by atoms with van der Waals surface area (Å²) in [7, 11) is 0. The molecule has 0 nitrogen and oxygen atoms in total. The number of hydrogen-bond donors (Lipinski definition) is 0. The Labute approximate surface area is 146 Å². The summed E-state index contributed by atoms with van der Waals surface area (Å²) < 4.78 is 0. The van der Waals surface area contributed by atoms with Gasteiger partial charge in [0.15, 0.2) is 0 Å². The smallest absolute Gasteiger partial charge is 0.0108 e. The van der Waals surface area contributed by atoms with E-state index in [0.29, 0.717) is 11.8 Å². The van der Waals surface area contributed by atoms with Crippen LogP contribution in [0.3, 0.4) is 0 Å². The molecule has 0 saturated carbocycles. The molecule has 0 atom stereocenters. The zero-order valence-electron chi connectivity index (χ0n) is 15.1. The standard InChI is InChI=1S/C24H26/c1-17(2)21-15-16-22(19-11-7-5-8-12-19)23(18(3)4)24(21)20-13-9-6-10-14-20/h5-18H,1-4H3. The molecular formula is C24H26.